The molecule has 37 heavy (non-hydrogen) atoms. The normalized spacial score (nSPS) is 23.7. The number of hydrogen-bond donors (Lipinski definition) is 2. The molecule has 3 heterocycles. The van der Waals surface area contributed by atoms with E-state index < -0.39 is 65.8 Å². The Bertz CT molecular complexity index is 1230. The molecule has 0 radical (unpaired) electrons. The molecule has 3 rings (SSSR count). The molecule has 0 aromatic carbocycles. The minimum Gasteiger partial charge on any atom is -0.461 e. The van der Waals surface area contributed by atoms with E-state index in [4.69, 9.17) is 30.4 Å². The second-order valence-electron chi connectivity index (χ2n) is 10.2. The highest BCUT2D eigenvalue weighted by atomic mass is 16.7. The maximum atomic E-state index is 12.8. The summed E-state index contributed by atoms with van der Waals surface area (Å²) in [5, 5.41) is 14.8. The van der Waals surface area contributed by atoms with Crippen molar-refractivity contribution in [2.45, 2.75) is 71.0 Å². The van der Waals surface area contributed by atoms with Gasteiger partial charge in [-0.15, -0.1) is 0 Å². The summed E-state index contributed by atoms with van der Waals surface area (Å²) in [5.41, 5.74) is 9.68. The van der Waals surface area contributed by atoms with Gasteiger partial charge in [-0.05, 0) is 32.0 Å². The summed E-state index contributed by atoms with van der Waals surface area (Å²) >= 11 is 0. The summed E-state index contributed by atoms with van der Waals surface area (Å²) in [6.45, 7) is 9.02. The fraction of sp³-hybridized carbons (Fsp3) is 0.560. The summed E-state index contributed by atoms with van der Waals surface area (Å²) in [4.78, 5) is 37.9. The number of carbonyl (C=O) groups excluding carboxylic acids is 3. The molecule has 1 saturated heterocycles. The fourth-order valence-corrected chi connectivity index (χ4v) is 3.76. The monoisotopic (exact) mass is 515 g/mol. The lowest BCUT2D eigenvalue weighted by Crippen LogP contribution is -2.47. The minimum absolute atomic E-state index is 0.192. The third-order valence-electron chi connectivity index (χ3n) is 5.88. The van der Waals surface area contributed by atoms with Crippen LogP contribution in [-0.2, 0) is 38.9 Å². The number of rotatable bonds is 8. The van der Waals surface area contributed by atoms with Crippen molar-refractivity contribution in [3.05, 3.63) is 30.1 Å². The molecule has 4 atom stereocenters. The van der Waals surface area contributed by atoms with Crippen LogP contribution in [0.5, 0.6) is 0 Å². The van der Waals surface area contributed by atoms with Crippen molar-refractivity contribution < 1.29 is 33.3 Å². The van der Waals surface area contributed by atoms with Crippen LogP contribution in [0.4, 0.5) is 5.69 Å². The van der Waals surface area contributed by atoms with E-state index in [9.17, 15) is 19.6 Å². The second-order valence-corrected chi connectivity index (χ2v) is 10.2. The first-order chi connectivity index (χ1) is 17.2. The lowest BCUT2D eigenvalue weighted by molar-refractivity contribution is -0.174. The SMILES string of the molecule is CC(C)C(=O)O[C@H]1[C@@H](OC(=O)C(C)C)[C@](C#N)(c2ccc3c(N)ccnn23)O[C@@H]1COC(=O)C(C)(C)N. The maximum absolute atomic E-state index is 12.8. The molecule has 0 unspecified atom stereocenters. The van der Waals surface area contributed by atoms with Crippen LogP contribution in [0.25, 0.3) is 5.52 Å². The number of fused-ring (bicyclic) bond motifs is 1. The number of nitriles is 1. The molecule has 12 heteroatoms. The molecule has 200 valence electrons. The number of nitrogens with two attached hydrogens (primary N) is 2. The van der Waals surface area contributed by atoms with E-state index in [1.165, 1.54) is 24.6 Å². The lowest BCUT2D eigenvalue weighted by Gasteiger charge is -2.29. The summed E-state index contributed by atoms with van der Waals surface area (Å²) in [6, 6.07) is 6.91. The molecule has 0 amide bonds. The van der Waals surface area contributed by atoms with Gasteiger partial charge in [0.05, 0.1) is 28.7 Å². The molecule has 12 nitrogen and oxygen atoms in total. The zero-order chi connectivity index (χ0) is 27.7. The number of ether oxygens (including phenoxy) is 4. The Balaban J connectivity index is 2.16. The van der Waals surface area contributed by atoms with Crippen molar-refractivity contribution in [1.29, 1.82) is 5.26 Å². The quantitative estimate of drug-likeness (QED) is 0.383. The Morgan fingerprint density at radius 2 is 1.78 bits per heavy atom. The predicted octanol–water partition coefficient (Wildman–Crippen LogP) is 1.45. The number of nitrogen functional groups attached to an aromatic ring is 1. The molecule has 0 spiro atoms. The van der Waals surface area contributed by atoms with Crippen LogP contribution in [0.1, 0.15) is 47.2 Å². The molecular weight excluding hydrogens is 482 g/mol. The van der Waals surface area contributed by atoms with Crippen molar-refractivity contribution in [3.63, 3.8) is 0 Å². The van der Waals surface area contributed by atoms with Gasteiger partial charge in [0.15, 0.2) is 12.2 Å². The highest BCUT2D eigenvalue weighted by molar-refractivity contribution is 5.79. The van der Waals surface area contributed by atoms with Gasteiger partial charge in [0.2, 0.25) is 5.60 Å². The average molecular weight is 516 g/mol. The maximum Gasteiger partial charge on any atom is 0.325 e. The van der Waals surface area contributed by atoms with Crippen LogP contribution in [0, 0.1) is 23.2 Å². The van der Waals surface area contributed by atoms with E-state index in [0.717, 1.165) is 0 Å². The summed E-state index contributed by atoms with van der Waals surface area (Å²) in [7, 11) is 0. The van der Waals surface area contributed by atoms with E-state index in [1.807, 2.05) is 0 Å². The van der Waals surface area contributed by atoms with Gasteiger partial charge in [0.25, 0.3) is 0 Å². The number of carbonyl (C=O) groups is 3. The summed E-state index contributed by atoms with van der Waals surface area (Å²) in [6.07, 6.45) is -2.45. The third-order valence-corrected chi connectivity index (χ3v) is 5.88. The van der Waals surface area contributed by atoms with Crippen LogP contribution in [0.2, 0.25) is 0 Å². The van der Waals surface area contributed by atoms with Gasteiger partial charge in [0.1, 0.15) is 24.3 Å². The van der Waals surface area contributed by atoms with E-state index in [2.05, 4.69) is 11.2 Å². The molecule has 1 aliphatic rings. The number of anilines is 1. The van der Waals surface area contributed by atoms with E-state index >= 15 is 0 Å². The Labute approximate surface area is 214 Å². The fourth-order valence-electron chi connectivity index (χ4n) is 3.76. The number of esters is 3. The Morgan fingerprint density at radius 3 is 2.35 bits per heavy atom. The Kier molecular flexibility index (Phi) is 7.80. The van der Waals surface area contributed by atoms with Crippen molar-refractivity contribution in [1.82, 2.24) is 9.61 Å². The highest BCUT2D eigenvalue weighted by Crippen LogP contribution is 2.44. The molecule has 1 fully saturated rings. The van der Waals surface area contributed by atoms with Gasteiger partial charge in [-0.2, -0.15) is 10.4 Å². The van der Waals surface area contributed by atoms with E-state index in [1.54, 1.807) is 45.9 Å². The number of hydrogen-bond acceptors (Lipinski definition) is 11. The summed E-state index contributed by atoms with van der Waals surface area (Å²) < 4.78 is 24.5. The first-order valence-electron chi connectivity index (χ1n) is 11.9. The number of nitrogens with zero attached hydrogens (tertiary/aromatic N) is 3. The first kappa shape index (κ1) is 27.9. The van der Waals surface area contributed by atoms with E-state index in [-0.39, 0.29) is 5.69 Å². The van der Waals surface area contributed by atoms with Crippen molar-refractivity contribution in [3.8, 4) is 6.07 Å². The molecule has 1 aliphatic heterocycles. The van der Waals surface area contributed by atoms with Crippen LogP contribution in [-0.4, -0.2) is 58.0 Å². The zero-order valence-corrected chi connectivity index (χ0v) is 21.8. The molecule has 0 saturated carbocycles. The van der Waals surface area contributed by atoms with Crippen LogP contribution in [0.15, 0.2) is 24.4 Å². The largest absolute Gasteiger partial charge is 0.461 e. The smallest absolute Gasteiger partial charge is 0.325 e. The highest BCUT2D eigenvalue weighted by Gasteiger charge is 2.63. The molecule has 0 bridgehead atoms. The third kappa shape index (κ3) is 5.38. The summed E-state index contributed by atoms with van der Waals surface area (Å²) in [5.74, 6) is -3.11. The second kappa shape index (κ2) is 10.4. The van der Waals surface area contributed by atoms with Crippen LogP contribution < -0.4 is 11.5 Å². The molecule has 2 aromatic rings. The standard InChI is InChI=1S/C25H33N5O7/c1-13(2)21(31)35-19-17(11-34-23(33)24(5,6)28)37-25(12-26,20(19)36-22(32)14(3)4)18-8-7-16-15(27)9-10-29-30(16)18/h7-10,13-14,17,19-20H,11,27-28H2,1-6H3/t17-,19-,20-,25+/m1/s1. The van der Waals surface area contributed by atoms with Crippen molar-refractivity contribution in [2.24, 2.45) is 17.6 Å². The van der Waals surface area contributed by atoms with Crippen LogP contribution >= 0.6 is 0 Å². The zero-order valence-electron chi connectivity index (χ0n) is 21.8. The van der Waals surface area contributed by atoms with Gasteiger partial charge in [-0.25, -0.2) is 4.52 Å². The van der Waals surface area contributed by atoms with Gasteiger partial charge in [-0.1, -0.05) is 27.7 Å². The van der Waals surface area contributed by atoms with Gasteiger partial charge in [0, 0.05) is 6.20 Å². The Hall–Kier alpha value is -3.69. The van der Waals surface area contributed by atoms with Gasteiger partial charge >= 0.3 is 17.9 Å². The van der Waals surface area contributed by atoms with Crippen molar-refractivity contribution >= 4 is 29.1 Å². The minimum atomic E-state index is -1.99. The average Bonchev–Trinajstić information content (AvgIpc) is 3.38. The van der Waals surface area contributed by atoms with E-state index in [0.29, 0.717) is 11.2 Å². The molecule has 2 aromatic heterocycles. The molecule has 0 aliphatic carbocycles. The predicted molar refractivity (Wildman–Crippen MR) is 130 cm³/mol. The van der Waals surface area contributed by atoms with Gasteiger partial charge < -0.3 is 30.4 Å². The Morgan fingerprint density at radius 1 is 1.16 bits per heavy atom. The topological polar surface area (TPSA) is 181 Å². The number of aromatic nitrogens is 2. The molecular formula is C25H33N5O7. The lowest BCUT2D eigenvalue weighted by atomic mass is 9.91. The first-order valence-corrected chi connectivity index (χ1v) is 11.9. The van der Waals surface area contributed by atoms with Crippen LogP contribution in [0.3, 0.4) is 0 Å². The molecule has 4 N–H and O–H groups in total. The van der Waals surface area contributed by atoms with Gasteiger partial charge in [-0.3, -0.25) is 14.4 Å². The van der Waals surface area contributed by atoms with Crippen molar-refractivity contribution in [2.75, 3.05) is 12.3 Å².